The predicted octanol–water partition coefficient (Wildman–Crippen LogP) is 2.76. The Morgan fingerprint density at radius 2 is 2.00 bits per heavy atom. The maximum absolute atomic E-state index is 11.5. The molecule has 0 unspecified atom stereocenters. The lowest BCUT2D eigenvalue weighted by molar-refractivity contribution is -0.159. The van der Waals surface area contributed by atoms with Crippen LogP contribution in [0.25, 0.3) is 11.3 Å². The molecule has 0 radical (unpaired) electrons. The molecule has 0 atom stereocenters. The van der Waals surface area contributed by atoms with Crippen LogP contribution in [0.3, 0.4) is 0 Å². The van der Waals surface area contributed by atoms with Gasteiger partial charge < -0.3 is 15.6 Å². The van der Waals surface area contributed by atoms with Gasteiger partial charge in [0.2, 0.25) is 0 Å². The lowest BCUT2D eigenvalue weighted by Gasteiger charge is -2.55. The van der Waals surface area contributed by atoms with Gasteiger partial charge in [0, 0.05) is 11.5 Å². The highest BCUT2D eigenvalue weighted by atomic mass is 16.5. The first-order chi connectivity index (χ1) is 13.0. The molecule has 0 amide bonds. The number of para-hydroxylation sites is 1. The van der Waals surface area contributed by atoms with Gasteiger partial charge in [-0.05, 0) is 49.3 Å². The third kappa shape index (κ3) is 3.21. The van der Waals surface area contributed by atoms with Crippen molar-refractivity contribution >= 4 is 11.8 Å². The molecule has 4 rings (SSSR count). The molecule has 6 heteroatoms. The SMILES string of the molecule is COC(=O)C1CC2(CC(C#Cc3cc(-c4ccccc4O)nnc3N)C2)C1. The van der Waals surface area contributed by atoms with E-state index >= 15 is 0 Å². The van der Waals surface area contributed by atoms with Crippen molar-refractivity contribution in [3.63, 3.8) is 0 Å². The Morgan fingerprint density at radius 1 is 1.26 bits per heavy atom. The summed E-state index contributed by atoms with van der Waals surface area (Å²) in [6, 6.07) is 8.72. The summed E-state index contributed by atoms with van der Waals surface area (Å²) < 4.78 is 4.81. The Kier molecular flexibility index (Phi) is 4.23. The Hall–Kier alpha value is -3.07. The van der Waals surface area contributed by atoms with Crippen molar-refractivity contribution in [1.29, 1.82) is 0 Å². The number of nitrogens with two attached hydrogens (primary N) is 1. The van der Waals surface area contributed by atoms with Crippen LogP contribution in [0.4, 0.5) is 5.82 Å². The molecular weight excluding hydrogens is 342 g/mol. The molecule has 1 spiro atoms. The van der Waals surface area contributed by atoms with Crippen LogP contribution in [-0.2, 0) is 9.53 Å². The molecule has 0 bridgehead atoms. The fourth-order valence-electron chi connectivity index (χ4n) is 4.24. The summed E-state index contributed by atoms with van der Waals surface area (Å²) in [5.74, 6) is 7.10. The minimum atomic E-state index is -0.0949. The number of hydrogen-bond acceptors (Lipinski definition) is 6. The van der Waals surface area contributed by atoms with E-state index in [0.717, 1.165) is 25.7 Å². The Morgan fingerprint density at radius 3 is 2.70 bits per heavy atom. The van der Waals surface area contributed by atoms with Gasteiger partial charge >= 0.3 is 5.97 Å². The van der Waals surface area contributed by atoms with Crippen molar-refractivity contribution in [3.8, 4) is 28.8 Å². The average molecular weight is 363 g/mol. The molecule has 0 aliphatic heterocycles. The molecule has 1 heterocycles. The van der Waals surface area contributed by atoms with Gasteiger partial charge in [-0.1, -0.05) is 24.0 Å². The second-order valence-electron chi connectivity index (χ2n) is 7.55. The highest BCUT2D eigenvalue weighted by Crippen LogP contribution is 2.61. The number of rotatable bonds is 2. The number of carbonyl (C=O) groups is 1. The number of nitrogen functional groups attached to an aromatic ring is 1. The van der Waals surface area contributed by atoms with Crippen LogP contribution >= 0.6 is 0 Å². The number of phenols is 1. The van der Waals surface area contributed by atoms with Crippen molar-refractivity contribution in [2.45, 2.75) is 25.7 Å². The molecule has 2 aromatic rings. The van der Waals surface area contributed by atoms with E-state index in [9.17, 15) is 9.90 Å². The first-order valence-electron chi connectivity index (χ1n) is 9.01. The van der Waals surface area contributed by atoms with E-state index < -0.39 is 0 Å². The predicted molar refractivity (Wildman–Crippen MR) is 100 cm³/mol. The summed E-state index contributed by atoms with van der Waals surface area (Å²) in [5.41, 5.74) is 7.95. The Balaban J connectivity index is 1.44. The third-order valence-corrected chi connectivity index (χ3v) is 5.67. The number of benzene rings is 1. The molecule has 3 N–H and O–H groups in total. The normalized spacial score (nSPS) is 25.7. The van der Waals surface area contributed by atoms with Gasteiger partial charge in [0.15, 0.2) is 5.82 Å². The number of esters is 1. The summed E-state index contributed by atoms with van der Waals surface area (Å²) in [4.78, 5) is 11.5. The van der Waals surface area contributed by atoms with Crippen LogP contribution in [-0.4, -0.2) is 28.4 Å². The van der Waals surface area contributed by atoms with E-state index in [1.807, 2.05) is 6.07 Å². The van der Waals surface area contributed by atoms with Crippen molar-refractivity contribution in [2.75, 3.05) is 12.8 Å². The first kappa shape index (κ1) is 17.3. The monoisotopic (exact) mass is 363 g/mol. The number of anilines is 1. The fraction of sp³-hybridized carbons (Fsp3) is 0.381. The minimum Gasteiger partial charge on any atom is -0.507 e. The summed E-state index contributed by atoms with van der Waals surface area (Å²) >= 11 is 0. The largest absolute Gasteiger partial charge is 0.507 e. The lowest BCUT2D eigenvalue weighted by atomic mass is 9.48. The van der Waals surface area contributed by atoms with Crippen LogP contribution in [0, 0.1) is 29.1 Å². The van der Waals surface area contributed by atoms with Crippen LogP contribution in [0.1, 0.15) is 31.2 Å². The quantitative estimate of drug-likeness (QED) is 0.629. The van der Waals surface area contributed by atoms with Crippen molar-refractivity contribution in [3.05, 3.63) is 35.9 Å². The number of aromatic hydroxyl groups is 1. The number of ether oxygens (including phenoxy) is 1. The Labute approximate surface area is 157 Å². The maximum atomic E-state index is 11.5. The number of aromatic nitrogens is 2. The number of methoxy groups -OCH3 is 1. The van der Waals surface area contributed by atoms with E-state index in [0.29, 0.717) is 22.7 Å². The molecule has 27 heavy (non-hydrogen) atoms. The van der Waals surface area contributed by atoms with Crippen LogP contribution < -0.4 is 5.73 Å². The maximum Gasteiger partial charge on any atom is 0.308 e. The fourth-order valence-corrected chi connectivity index (χ4v) is 4.24. The third-order valence-electron chi connectivity index (χ3n) is 5.67. The second kappa shape index (κ2) is 6.58. The van der Waals surface area contributed by atoms with E-state index in [4.69, 9.17) is 10.5 Å². The van der Waals surface area contributed by atoms with Gasteiger partial charge in [0.25, 0.3) is 0 Å². The van der Waals surface area contributed by atoms with Crippen molar-refractivity contribution < 1.29 is 14.6 Å². The molecular formula is C21H21N3O3. The molecule has 2 aliphatic rings. The zero-order valence-electron chi connectivity index (χ0n) is 15.1. The van der Waals surface area contributed by atoms with Gasteiger partial charge in [0.05, 0.1) is 24.3 Å². The first-order valence-corrected chi connectivity index (χ1v) is 9.01. The Bertz CT molecular complexity index is 947. The van der Waals surface area contributed by atoms with Gasteiger partial charge in [0.1, 0.15) is 5.75 Å². The van der Waals surface area contributed by atoms with Gasteiger partial charge in [-0.15, -0.1) is 10.2 Å². The molecule has 6 nitrogen and oxygen atoms in total. The smallest absolute Gasteiger partial charge is 0.308 e. The summed E-state index contributed by atoms with van der Waals surface area (Å²) in [6.45, 7) is 0. The number of nitrogens with zero attached hydrogens (tertiary/aromatic N) is 2. The lowest BCUT2D eigenvalue weighted by Crippen LogP contribution is -2.49. The topological polar surface area (TPSA) is 98.3 Å². The zero-order chi connectivity index (χ0) is 19.0. The standard InChI is InChI=1S/C21H21N3O3/c1-27-20(26)15-11-21(12-15)9-13(10-21)6-7-14-8-17(23-24-19(14)22)16-4-2-3-5-18(16)25/h2-5,8,13,15,25H,9-12H2,1H3,(H2,22,24). The zero-order valence-corrected chi connectivity index (χ0v) is 15.1. The molecule has 138 valence electrons. The van der Waals surface area contributed by atoms with E-state index in [-0.39, 0.29) is 28.9 Å². The van der Waals surface area contributed by atoms with E-state index in [1.54, 1.807) is 24.3 Å². The second-order valence-corrected chi connectivity index (χ2v) is 7.55. The van der Waals surface area contributed by atoms with Crippen LogP contribution in [0.5, 0.6) is 5.75 Å². The van der Waals surface area contributed by atoms with E-state index in [1.165, 1.54) is 7.11 Å². The minimum absolute atomic E-state index is 0.0602. The van der Waals surface area contributed by atoms with Crippen molar-refractivity contribution in [1.82, 2.24) is 10.2 Å². The molecule has 1 aromatic heterocycles. The number of hydrogen-bond donors (Lipinski definition) is 2. The number of carbonyl (C=O) groups excluding carboxylic acids is 1. The van der Waals surface area contributed by atoms with Crippen LogP contribution in [0.15, 0.2) is 30.3 Å². The highest BCUT2D eigenvalue weighted by molar-refractivity contribution is 5.73. The van der Waals surface area contributed by atoms with E-state index in [2.05, 4.69) is 22.0 Å². The van der Waals surface area contributed by atoms with Gasteiger partial charge in [-0.2, -0.15) is 0 Å². The molecule has 0 saturated heterocycles. The van der Waals surface area contributed by atoms with Crippen molar-refractivity contribution in [2.24, 2.45) is 17.3 Å². The van der Waals surface area contributed by atoms with Crippen LogP contribution in [0.2, 0.25) is 0 Å². The molecule has 1 aromatic carbocycles. The molecule has 2 saturated carbocycles. The van der Waals surface area contributed by atoms with Gasteiger partial charge in [-0.25, -0.2) is 0 Å². The number of phenolic OH excluding ortho intramolecular Hbond substituents is 1. The average Bonchev–Trinajstić information content (AvgIpc) is 2.60. The molecule has 2 aliphatic carbocycles. The summed E-state index contributed by atoms with van der Waals surface area (Å²) in [5, 5.41) is 18.0. The summed E-state index contributed by atoms with van der Waals surface area (Å²) in [7, 11) is 1.44. The summed E-state index contributed by atoms with van der Waals surface area (Å²) in [6.07, 6.45) is 3.85. The van der Waals surface area contributed by atoms with Gasteiger partial charge in [-0.3, -0.25) is 4.79 Å². The highest BCUT2D eigenvalue weighted by Gasteiger charge is 2.54. The molecule has 2 fully saturated rings.